The molecule has 2 aromatic rings. The lowest BCUT2D eigenvalue weighted by Gasteiger charge is -2.27. The van der Waals surface area contributed by atoms with E-state index < -0.39 is 35.2 Å². The highest BCUT2D eigenvalue weighted by Crippen LogP contribution is 2.47. The van der Waals surface area contributed by atoms with Crippen molar-refractivity contribution >= 4 is 17.3 Å². The molecule has 146 valence electrons. The van der Waals surface area contributed by atoms with Gasteiger partial charge in [-0.1, -0.05) is 13.8 Å². The molecule has 5 nitrogen and oxygen atoms in total. The molecule has 0 unspecified atom stereocenters. The molecule has 0 radical (unpaired) electrons. The number of thiazole rings is 1. The van der Waals surface area contributed by atoms with Crippen LogP contribution in [0.2, 0.25) is 0 Å². The fourth-order valence-electron chi connectivity index (χ4n) is 3.75. The van der Waals surface area contributed by atoms with Gasteiger partial charge in [0.15, 0.2) is 0 Å². The van der Waals surface area contributed by atoms with Gasteiger partial charge in [-0.2, -0.15) is 13.2 Å². The predicted molar refractivity (Wildman–Crippen MR) is 94.4 cm³/mol. The molecule has 0 spiro atoms. The number of pyridine rings is 1. The SMILES string of the molecule is CC(C)C[C@@]1(C(=O)O)C[C@H](c2cc(C(F)(F)F)ccn2)[C@H](c2nccs2)N1. The van der Waals surface area contributed by atoms with Crippen molar-refractivity contribution in [2.45, 2.75) is 50.4 Å². The molecular weight excluding hydrogens is 379 g/mol. The van der Waals surface area contributed by atoms with E-state index in [1.165, 1.54) is 11.3 Å². The molecule has 1 aliphatic rings. The van der Waals surface area contributed by atoms with Crippen LogP contribution in [-0.4, -0.2) is 26.6 Å². The normalized spacial score (nSPS) is 25.9. The third-order valence-electron chi connectivity index (χ3n) is 4.77. The molecular formula is C18H20F3N3O2S. The number of nitrogens with zero attached hydrogens (tertiary/aromatic N) is 2. The number of carboxylic acids is 1. The van der Waals surface area contributed by atoms with E-state index in [9.17, 15) is 23.1 Å². The standard InChI is InChI=1S/C18H20F3N3O2S/c1-10(2)8-17(16(25)26)9-12(14(24-17)15-23-5-6-27-15)13-7-11(3-4-22-13)18(19,20)21/h3-7,10,12,14,24H,8-9H2,1-2H3,(H,25,26)/t12-,14-,17+/m1/s1. The number of hydrogen-bond donors (Lipinski definition) is 2. The van der Waals surface area contributed by atoms with Crippen LogP contribution < -0.4 is 5.32 Å². The van der Waals surface area contributed by atoms with Crippen LogP contribution in [0.15, 0.2) is 29.9 Å². The molecule has 27 heavy (non-hydrogen) atoms. The Hall–Kier alpha value is -2.00. The van der Waals surface area contributed by atoms with E-state index >= 15 is 0 Å². The number of aromatic nitrogens is 2. The van der Waals surface area contributed by atoms with Crippen molar-refractivity contribution in [2.24, 2.45) is 5.92 Å². The summed E-state index contributed by atoms with van der Waals surface area (Å²) in [5.74, 6) is -1.43. The number of hydrogen-bond acceptors (Lipinski definition) is 5. The summed E-state index contributed by atoms with van der Waals surface area (Å²) < 4.78 is 39.4. The lowest BCUT2D eigenvalue weighted by molar-refractivity contribution is -0.145. The number of rotatable bonds is 5. The highest BCUT2D eigenvalue weighted by atomic mass is 32.1. The van der Waals surface area contributed by atoms with Crippen LogP contribution in [0.25, 0.3) is 0 Å². The molecule has 3 heterocycles. The summed E-state index contributed by atoms with van der Waals surface area (Å²) in [7, 11) is 0. The number of carboxylic acid groups (broad SMARTS) is 1. The van der Waals surface area contributed by atoms with E-state index in [-0.39, 0.29) is 18.0 Å². The molecule has 0 saturated carbocycles. The van der Waals surface area contributed by atoms with E-state index in [2.05, 4.69) is 15.3 Å². The molecule has 9 heteroatoms. The first-order valence-electron chi connectivity index (χ1n) is 8.56. The van der Waals surface area contributed by atoms with Gasteiger partial charge in [-0.25, -0.2) is 4.98 Å². The van der Waals surface area contributed by atoms with Crippen LogP contribution in [-0.2, 0) is 11.0 Å². The zero-order valence-corrected chi connectivity index (χ0v) is 15.6. The Morgan fingerprint density at radius 1 is 1.41 bits per heavy atom. The Balaban J connectivity index is 2.05. The zero-order chi connectivity index (χ0) is 19.8. The fourth-order valence-corrected chi connectivity index (χ4v) is 4.50. The fraction of sp³-hybridized carbons (Fsp3) is 0.500. The summed E-state index contributed by atoms with van der Waals surface area (Å²) in [6.07, 6.45) is -1.25. The lowest BCUT2D eigenvalue weighted by atomic mass is 9.83. The summed E-state index contributed by atoms with van der Waals surface area (Å²) in [5.41, 5.74) is -1.79. The zero-order valence-electron chi connectivity index (χ0n) is 14.8. The minimum absolute atomic E-state index is 0.0961. The van der Waals surface area contributed by atoms with E-state index in [1.54, 1.807) is 11.6 Å². The number of halogens is 3. The van der Waals surface area contributed by atoms with Gasteiger partial charge in [0, 0.05) is 29.4 Å². The van der Waals surface area contributed by atoms with Gasteiger partial charge in [-0.3, -0.25) is 15.1 Å². The van der Waals surface area contributed by atoms with E-state index in [0.717, 1.165) is 18.3 Å². The molecule has 0 bridgehead atoms. The summed E-state index contributed by atoms with van der Waals surface area (Å²) in [6.45, 7) is 3.83. The number of carbonyl (C=O) groups is 1. The summed E-state index contributed by atoms with van der Waals surface area (Å²) in [4.78, 5) is 20.5. The molecule has 0 aliphatic carbocycles. The Morgan fingerprint density at radius 2 is 2.15 bits per heavy atom. The van der Waals surface area contributed by atoms with Crippen molar-refractivity contribution in [1.82, 2.24) is 15.3 Å². The smallest absolute Gasteiger partial charge is 0.416 e. The van der Waals surface area contributed by atoms with Crippen molar-refractivity contribution < 1.29 is 23.1 Å². The van der Waals surface area contributed by atoms with Crippen LogP contribution in [0.1, 0.15) is 54.9 Å². The Morgan fingerprint density at radius 3 is 2.70 bits per heavy atom. The minimum Gasteiger partial charge on any atom is -0.480 e. The lowest BCUT2D eigenvalue weighted by Crippen LogP contribution is -2.49. The predicted octanol–water partition coefficient (Wildman–Crippen LogP) is 4.24. The second-order valence-corrected chi connectivity index (χ2v) is 8.18. The van der Waals surface area contributed by atoms with Crippen molar-refractivity contribution in [3.05, 3.63) is 46.2 Å². The summed E-state index contributed by atoms with van der Waals surface area (Å²) >= 11 is 1.34. The van der Waals surface area contributed by atoms with Gasteiger partial charge in [-0.05, 0) is 30.9 Å². The summed E-state index contributed by atoms with van der Waals surface area (Å²) in [5, 5.41) is 15.5. The third kappa shape index (κ3) is 3.98. The number of nitrogens with one attached hydrogen (secondary N) is 1. The first kappa shape index (κ1) is 19.8. The average molecular weight is 399 g/mol. The molecule has 2 aromatic heterocycles. The first-order valence-corrected chi connectivity index (χ1v) is 9.44. The second-order valence-electron chi connectivity index (χ2n) is 7.26. The van der Waals surface area contributed by atoms with Crippen LogP contribution in [0.4, 0.5) is 13.2 Å². The quantitative estimate of drug-likeness (QED) is 0.786. The maximum atomic E-state index is 13.1. The molecule has 1 aliphatic heterocycles. The van der Waals surface area contributed by atoms with Gasteiger partial charge in [-0.15, -0.1) is 11.3 Å². The van der Waals surface area contributed by atoms with Crippen LogP contribution >= 0.6 is 11.3 Å². The Kier molecular flexibility index (Phi) is 5.27. The average Bonchev–Trinajstić information content (AvgIpc) is 3.21. The molecule has 3 rings (SSSR count). The van der Waals surface area contributed by atoms with Crippen molar-refractivity contribution in [2.75, 3.05) is 0 Å². The molecule has 0 aromatic carbocycles. The van der Waals surface area contributed by atoms with Gasteiger partial charge >= 0.3 is 12.1 Å². The van der Waals surface area contributed by atoms with E-state index in [1.807, 2.05) is 13.8 Å². The highest BCUT2D eigenvalue weighted by molar-refractivity contribution is 7.09. The molecule has 2 N–H and O–H groups in total. The molecule has 0 amide bonds. The summed E-state index contributed by atoms with van der Waals surface area (Å²) in [6, 6.07) is 1.43. The molecule has 1 fully saturated rings. The van der Waals surface area contributed by atoms with E-state index in [4.69, 9.17) is 0 Å². The Labute approximate surface area is 158 Å². The maximum absolute atomic E-state index is 13.1. The molecule has 3 atom stereocenters. The van der Waals surface area contributed by atoms with Gasteiger partial charge in [0.25, 0.3) is 0 Å². The first-order chi connectivity index (χ1) is 12.6. The second kappa shape index (κ2) is 7.20. The largest absolute Gasteiger partial charge is 0.480 e. The monoisotopic (exact) mass is 399 g/mol. The van der Waals surface area contributed by atoms with Gasteiger partial charge in [0.1, 0.15) is 10.5 Å². The maximum Gasteiger partial charge on any atom is 0.416 e. The van der Waals surface area contributed by atoms with Crippen molar-refractivity contribution in [3.63, 3.8) is 0 Å². The number of alkyl halides is 3. The van der Waals surface area contributed by atoms with Crippen molar-refractivity contribution in [3.8, 4) is 0 Å². The van der Waals surface area contributed by atoms with Gasteiger partial charge < -0.3 is 5.11 Å². The van der Waals surface area contributed by atoms with E-state index in [0.29, 0.717) is 11.4 Å². The topological polar surface area (TPSA) is 75.1 Å². The third-order valence-corrected chi connectivity index (χ3v) is 5.63. The van der Waals surface area contributed by atoms with Crippen LogP contribution in [0.3, 0.4) is 0 Å². The number of aliphatic carboxylic acids is 1. The van der Waals surface area contributed by atoms with Crippen LogP contribution in [0, 0.1) is 5.92 Å². The van der Waals surface area contributed by atoms with Crippen molar-refractivity contribution in [1.29, 1.82) is 0 Å². The van der Waals surface area contributed by atoms with Gasteiger partial charge in [0.2, 0.25) is 0 Å². The minimum atomic E-state index is -4.48. The van der Waals surface area contributed by atoms with Crippen LogP contribution in [0.5, 0.6) is 0 Å². The highest BCUT2D eigenvalue weighted by Gasteiger charge is 2.52. The Bertz CT molecular complexity index is 810. The van der Waals surface area contributed by atoms with Gasteiger partial charge in [0.05, 0.1) is 11.6 Å². The molecule has 1 saturated heterocycles.